The predicted molar refractivity (Wildman–Crippen MR) is 73.4 cm³/mol. The number of nitrogens with one attached hydrogen (secondary N) is 2. The number of hydrogen-bond donors (Lipinski definition) is 3. The lowest BCUT2D eigenvalue weighted by molar-refractivity contribution is -0.115. The molecule has 98 valence electrons. The second-order valence-corrected chi connectivity index (χ2v) is 4.96. The fourth-order valence-corrected chi connectivity index (χ4v) is 2.65. The number of amides is 1. The van der Waals surface area contributed by atoms with Gasteiger partial charge in [0.1, 0.15) is 0 Å². The molecule has 0 radical (unpaired) electrons. The molecule has 1 heterocycles. The molecule has 1 aromatic rings. The smallest absolute Gasteiger partial charge is 0.228 e. The largest absolute Gasteiger partial charge is 0.330 e. The number of anilines is 1. The van der Waals surface area contributed by atoms with Gasteiger partial charge < -0.3 is 16.4 Å². The Balaban J connectivity index is 2.22. The summed E-state index contributed by atoms with van der Waals surface area (Å²) in [6.07, 6.45) is 1.48. The van der Waals surface area contributed by atoms with E-state index in [4.69, 9.17) is 5.73 Å². The summed E-state index contributed by atoms with van der Waals surface area (Å²) in [5.41, 5.74) is 8.90. The van der Waals surface area contributed by atoms with Crippen molar-refractivity contribution >= 4 is 11.6 Å². The highest BCUT2D eigenvalue weighted by Gasteiger charge is 2.21. The van der Waals surface area contributed by atoms with E-state index in [1.165, 1.54) is 5.56 Å². The number of hydrogen-bond acceptors (Lipinski definition) is 3. The molecule has 2 atom stereocenters. The first kappa shape index (κ1) is 13.1. The van der Waals surface area contributed by atoms with Gasteiger partial charge in [0.25, 0.3) is 0 Å². The number of rotatable bonds is 5. The molecule has 1 amide bonds. The molecular formula is C14H21N3O. The SMILES string of the molecule is CNC(c1ccc2c(c1)CC(=O)N2)C(C)CCN. The minimum Gasteiger partial charge on any atom is -0.330 e. The van der Waals surface area contributed by atoms with Crippen molar-refractivity contribution in [1.82, 2.24) is 5.32 Å². The molecule has 4 N–H and O–H groups in total. The summed E-state index contributed by atoms with van der Waals surface area (Å²) in [5.74, 6) is 0.557. The van der Waals surface area contributed by atoms with E-state index in [9.17, 15) is 4.79 Å². The third kappa shape index (κ3) is 2.54. The Morgan fingerprint density at radius 2 is 2.28 bits per heavy atom. The maximum absolute atomic E-state index is 11.3. The van der Waals surface area contributed by atoms with E-state index in [0.717, 1.165) is 17.7 Å². The van der Waals surface area contributed by atoms with E-state index in [1.54, 1.807) is 0 Å². The lowest BCUT2D eigenvalue weighted by Gasteiger charge is -2.24. The summed E-state index contributed by atoms with van der Waals surface area (Å²) >= 11 is 0. The molecule has 2 rings (SSSR count). The molecule has 1 aromatic carbocycles. The van der Waals surface area contributed by atoms with Crippen molar-refractivity contribution in [1.29, 1.82) is 0 Å². The molecule has 0 fully saturated rings. The van der Waals surface area contributed by atoms with Crippen LogP contribution < -0.4 is 16.4 Å². The maximum Gasteiger partial charge on any atom is 0.228 e. The van der Waals surface area contributed by atoms with Crippen molar-refractivity contribution < 1.29 is 4.79 Å². The third-order valence-electron chi connectivity index (χ3n) is 3.62. The molecule has 4 heteroatoms. The van der Waals surface area contributed by atoms with E-state index in [1.807, 2.05) is 13.1 Å². The van der Waals surface area contributed by atoms with Crippen LogP contribution in [0.25, 0.3) is 0 Å². The van der Waals surface area contributed by atoms with Crippen LogP contribution in [0.4, 0.5) is 5.69 Å². The van der Waals surface area contributed by atoms with E-state index in [2.05, 4.69) is 29.7 Å². The molecule has 0 saturated carbocycles. The first-order valence-corrected chi connectivity index (χ1v) is 6.45. The summed E-state index contributed by atoms with van der Waals surface area (Å²) < 4.78 is 0. The molecule has 0 bridgehead atoms. The lowest BCUT2D eigenvalue weighted by Crippen LogP contribution is -2.25. The Bertz CT molecular complexity index is 445. The highest BCUT2D eigenvalue weighted by molar-refractivity contribution is 5.99. The third-order valence-corrected chi connectivity index (χ3v) is 3.62. The van der Waals surface area contributed by atoms with Gasteiger partial charge >= 0.3 is 0 Å². The number of carbonyl (C=O) groups excluding carboxylic acids is 1. The monoisotopic (exact) mass is 247 g/mol. The summed E-state index contributed by atoms with van der Waals surface area (Å²) in [6, 6.07) is 6.49. The van der Waals surface area contributed by atoms with Crippen LogP contribution in [-0.2, 0) is 11.2 Å². The first-order valence-electron chi connectivity index (χ1n) is 6.45. The van der Waals surface area contributed by atoms with Crippen molar-refractivity contribution in [3.05, 3.63) is 29.3 Å². The van der Waals surface area contributed by atoms with E-state index < -0.39 is 0 Å². The zero-order valence-electron chi connectivity index (χ0n) is 11.0. The highest BCUT2D eigenvalue weighted by Crippen LogP contribution is 2.30. The molecule has 0 aromatic heterocycles. The van der Waals surface area contributed by atoms with Crippen LogP contribution in [0.2, 0.25) is 0 Å². The highest BCUT2D eigenvalue weighted by atomic mass is 16.1. The van der Waals surface area contributed by atoms with E-state index in [-0.39, 0.29) is 11.9 Å². The van der Waals surface area contributed by atoms with Gasteiger partial charge in [0, 0.05) is 11.7 Å². The Hall–Kier alpha value is -1.39. The van der Waals surface area contributed by atoms with Crippen molar-refractivity contribution in [3.8, 4) is 0 Å². The van der Waals surface area contributed by atoms with Gasteiger partial charge in [-0.15, -0.1) is 0 Å². The molecule has 1 aliphatic heterocycles. The summed E-state index contributed by atoms with van der Waals surface area (Å²) in [7, 11) is 1.97. The fourth-order valence-electron chi connectivity index (χ4n) is 2.65. The van der Waals surface area contributed by atoms with Gasteiger partial charge in [0.2, 0.25) is 5.91 Å². The number of carbonyl (C=O) groups is 1. The van der Waals surface area contributed by atoms with Crippen LogP contribution in [0.1, 0.15) is 30.5 Å². The second-order valence-electron chi connectivity index (χ2n) is 4.96. The minimum atomic E-state index is 0.0816. The van der Waals surface area contributed by atoms with Crippen LogP contribution >= 0.6 is 0 Å². The molecule has 0 saturated heterocycles. The molecule has 2 unspecified atom stereocenters. The van der Waals surface area contributed by atoms with Crippen molar-refractivity contribution in [2.75, 3.05) is 18.9 Å². The van der Waals surface area contributed by atoms with Crippen molar-refractivity contribution in [2.24, 2.45) is 11.7 Å². The molecule has 4 nitrogen and oxygen atoms in total. The molecule has 18 heavy (non-hydrogen) atoms. The summed E-state index contributed by atoms with van der Waals surface area (Å²) in [6.45, 7) is 2.90. The Morgan fingerprint density at radius 1 is 1.50 bits per heavy atom. The topological polar surface area (TPSA) is 67.2 Å². The summed E-state index contributed by atoms with van der Waals surface area (Å²) in [4.78, 5) is 11.3. The average Bonchev–Trinajstić information content (AvgIpc) is 2.69. The van der Waals surface area contributed by atoms with Gasteiger partial charge in [0.15, 0.2) is 0 Å². The molecule has 0 aliphatic carbocycles. The quantitative estimate of drug-likeness (QED) is 0.737. The Morgan fingerprint density at radius 3 is 2.94 bits per heavy atom. The number of fused-ring (bicyclic) bond motifs is 1. The van der Waals surface area contributed by atoms with Crippen LogP contribution in [0.3, 0.4) is 0 Å². The van der Waals surface area contributed by atoms with Gasteiger partial charge in [0.05, 0.1) is 6.42 Å². The average molecular weight is 247 g/mol. The standard InChI is InChI=1S/C14H21N3O/c1-9(5-6-15)14(16-2)10-3-4-12-11(7-10)8-13(18)17-12/h3-4,7,9,14,16H,5-6,8,15H2,1-2H3,(H,17,18). The van der Waals surface area contributed by atoms with Gasteiger partial charge in [-0.25, -0.2) is 0 Å². The van der Waals surface area contributed by atoms with Gasteiger partial charge in [-0.1, -0.05) is 19.1 Å². The number of nitrogens with two attached hydrogens (primary N) is 1. The first-order chi connectivity index (χ1) is 8.65. The van der Waals surface area contributed by atoms with Crippen molar-refractivity contribution in [2.45, 2.75) is 25.8 Å². The van der Waals surface area contributed by atoms with E-state index >= 15 is 0 Å². The van der Waals surface area contributed by atoms with Gasteiger partial charge in [-0.3, -0.25) is 4.79 Å². The summed E-state index contributed by atoms with van der Waals surface area (Å²) in [5, 5.41) is 6.20. The number of benzene rings is 1. The molecule has 0 spiro atoms. The Kier molecular flexibility index (Phi) is 3.99. The molecular weight excluding hydrogens is 226 g/mol. The fraction of sp³-hybridized carbons (Fsp3) is 0.500. The van der Waals surface area contributed by atoms with Crippen LogP contribution in [0, 0.1) is 5.92 Å². The predicted octanol–water partition coefficient (Wildman–Crippen LogP) is 1.43. The van der Waals surface area contributed by atoms with Crippen LogP contribution in [0.15, 0.2) is 18.2 Å². The lowest BCUT2D eigenvalue weighted by atomic mass is 9.91. The zero-order chi connectivity index (χ0) is 13.1. The van der Waals surface area contributed by atoms with E-state index in [0.29, 0.717) is 18.9 Å². The van der Waals surface area contributed by atoms with Crippen LogP contribution in [-0.4, -0.2) is 19.5 Å². The van der Waals surface area contributed by atoms with Gasteiger partial charge in [-0.2, -0.15) is 0 Å². The maximum atomic E-state index is 11.3. The van der Waals surface area contributed by atoms with Crippen molar-refractivity contribution in [3.63, 3.8) is 0 Å². The molecule has 1 aliphatic rings. The normalized spacial score (nSPS) is 17.2. The second kappa shape index (κ2) is 5.50. The van der Waals surface area contributed by atoms with Crippen LogP contribution in [0.5, 0.6) is 0 Å². The zero-order valence-corrected chi connectivity index (χ0v) is 11.0. The minimum absolute atomic E-state index is 0.0816. The van der Waals surface area contributed by atoms with Gasteiger partial charge in [-0.05, 0) is 43.1 Å². The Labute approximate surface area is 108 Å².